The molecular weight excluding hydrogens is 401 g/mol. The van der Waals surface area contributed by atoms with Crippen LogP contribution in [-0.2, 0) is 13.1 Å². The van der Waals surface area contributed by atoms with Crippen LogP contribution < -0.4 is 10.4 Å². The standard InChI is InChI=1S/C20H21F3N4O3/c1-13-18(28)27(16-4-6-17(7-5-16)30-20(21,22)23)19(29)26(13)12-14-8-9-24-10-15(14)11-25(2)3/h4-10,28H,11-12H2,1-3H3. The number of hydrogen-bond donors (Lipinski definition) is 1. The Balaban J connectivity index is 1.96. The van der Waals surface area contributed by atoms with Crippen LogP contribution in [0.1, 0.15) is 16.8 Å². The van der Waals surface area contributed by atoms with E-state index in [-0.39, 0.29) is 18.1 Å². The van der Waals surface area contributed by atoms with E-state index < -0.39 is 17.8 Å². The third-order valence-corrected chi connectivity index (χ3v) is 4.51. The molecule has 7 nitrogen and oxygen atoms in total. The molecule has 0 bridgehead atoms. The molecule has 0 amide bonds. The van der Waals surface area contributed by atoms with Gasteiger partial charge in [-0.05, 0) is 62.5 Å². The van der Waals surface area contributed by atoms with Gasteiger partial charge >= 0.3 is 12.1 Å². The number of aromatic nitrogens is 3. The predicted octanol–water partition coefficient (Wildman–Crippen LogP) is 3.06. The molecule has 0 atom stereocenters. The lowest BCUT2D eigenvalue weighted by Crippen LogP contribution is -2.25. The molecule has 3 aromatic rings. The number of imidazole rings is 1. The lowest BCUT2D eigenvalue weighted by atomic mass is 10.1. The lowest BCUT2D eigenvalue weighted by molar-refractivity contribution is -0.274. The molecule has 160 valence electrons. The van der Waals surface area contributed by atoms with Gasteiger partial charge in [0.1, 0.15) is 5.75 Å². The first-order valence-electron chi connectivity index (χ1n) is 9.00. The maximum Gasteiger partial charge on any atom is 0.573 e. The number of alkyl halides is 3. The molecule has 0 saturated carbocycles. The van der Waals surface area contributed by atoms with Crippen molar-refractivity contribution in [2.75, 3.05) is 14.1 Å². The Bertz CT molecular complexity index is 1090. The molecule has 2 heterocycles. The first kappa shape index (κ1) is 21.4. The fourth-order valence-electron chi connectivity index (χ4n) is 3.12. The van der Waals surface area contributed by atoms with Gasteiger partial charge in [0, 0.05) is 18.9 Å². The molecule has 30 heavy (non-hydrogen) atoms. The van der Waals surface area contributed by atoms with Gasteiger partial charge in [0.15, 0.2) is 0 Å². The summed E-state index contributed by atoms with van der Waals surface area (Å²) in [6, 6.07) is 6.52. The minimum absolute atomic E-state index is 0.214. The van der Waals surface area contributed by atoms with E-state index in [0.717, 1.165) is 27.8 Å². The third-order valence-electron chi connectivity index (χ3n) is 4.51. The molecule has 10 heteroatoms. The highest BCUT2D eigenvalue weighted by molar-refractivity contribution is 5.42. The van der Waals surface area contributed by atoms with E-state index in [4.69, 9.17) is 0 Å². The van der Waals surface area contributed by atoms with Crippen molar-refractivity contribution in [2.45, 2.75) is 26.4 Å². The van der Waals surface area contributed by atoms with E-state index in [1.54, 1.807) is 19.3 Å². The number of halogens is 3. The Morgan fingerprint density at radius 3 is 2.40 bits per heavy atom. The maximum atomic E-state index is 13.0. The van der Waals surface area contributed by atoms with Gasteiger partial charge in [-0.1, -0.05) is 0 Å². The zero-order chi connectivity index (χ0) is 22.1. The molecule has 1 aromatic carbocycles. The van der Waals surface area contributed by atoms with Gasteiger partial charge in [-0.3, -0.25) is 9.55 Å². The molecule has 3 rings (SSSR count). The average Bonchev–Trinajstić information content (AvgIpc) is 2.86. The van der Waals surface area contributed by atoms with Gasteiger partial charge in [0.25, 0.3) is 0 Å². The largest absolute Gasteiger partial charge is 0.573 e. The fraction of sp³-hybridized carbons (Fsp3) is 0.300. The molecular formula is C20H21F3N4O3. The summed E-state index contributed by atoms with van der Waals surface area (Å²) in [6.45, 7) is 2.44. The second kappa shape index (κ2) is 8.23. The summed E-state index contributed by atoms with van der Waals surface area (Å²) in [4.78, 5) is 19.1. The normalized spacial score (nSPS) is 11.8. The molecule has 0 unspecified atom stereocenters. The number of pyridine rings is 1. The van der Waals surface area contributed by atoms with Crippen LogP contribution in [-0.4, -0.2) is 44.6 Å². The van der Waals surface area contributed by atoms with Crippen LogP contribution in [0.4, 0.5) is 13.2 Å². The predicted molar refractivity (Wildman–Crippen MR) is 104 cm³/mol. The first-order chi connectivity index (χ1) is 14.1. The minimum atomic E-state index is -4.81. The highest BCUT2D eigenvalue weighted by Crippen LogP contribution is 2.26. The van der Waals surface area contributed by atoms with Crippen molar-refractivity contribution in [2.24, 2.45) is 0 Å². The Morgan fingerprint density at radius 2 is 1.80 bits per heavy atom. The quantitative estimate of drug-likeness (QED) is 0.661. The Labute approximate surface area is 170 Å². The highest BCUT2D eigenvalue weighted by Gasteiger charge is 2.31. The number of nitrogens with zero attached hydrogens (tertiary/aromatic N) is 4. The van der Waals surface area contributed by atoms with Crippen LogP contribution in [0.3, 0.4) is 0 Å². The van der Waals surface area contributed by atoms with Gasteiger partial charge in [-0.25, -0.2) is 9.36 Å². The minimum Gasteiger partial charge on any atom is -0.493 e. The van der Waals surface area contributed by atoms with Crippen molar-refractivity contribution < 1.29 is 23.0 Å². The van der Waals surface area contributed by atoms with E-state index in [1.165, 1.54) is 16.7 Å². The summed E-state index contributed by atoms with van der Waals surface area (Å²) < 4.78 is 43.3. The second-order valence-electron chi connectivity index (χ2n) is 7.04. The highest BCUT2D eigenvalue weighted by atomic mass is 19.4. The smallest absolute Gasteiger partial charge is 0.493 e. The number of aromatic hydroxyl groups is 1. The van der Waals surface area contributed by atoms with E-state index in [1.807, 2.05) is 25.1 Å². The summed E-state index contributed by atoms with van der Waals surface area (Å²) in [5, 5.41) is 10.5. The maximum absolute atomic E-state index is 13.0. The van der Waals surface area contributed by atoms with Crippen LogP contribution in [0.2, 0.25) is 0 Å². The zero-order valence-electron chi connectivity index (χ0n) is 16.6. The molecule has 0 saturated heterocycles. The summed E-state index contributed by atoms with van der Waals surface area (Å²) >= 11 is 0. The van der Waals surface area contributed by atoms with Crippen molar-refractivity contribution in [1.29, 1.82) is 0 Å². The summed E-state index contributed by atoms with van der Waals surface area (Å²) in [7, 11) is 3.84. The topological polar surface area (TPSA) is 72.5 Å². The lowest BCUT2D eigenvalue weighted by Gasteiger charge is -2.14. The average molecular weight is 422 g/mol. The molecule has 2 aromatic heterocycles. The van der Waals surface area contributed by atoms with Crippen LogP contribution in [0.5, 0.6) is 11.6 Å². The van der Waals surface area contributed by atoms with Crippen LogP contribution in [0, 0.1) is 6.92 Å². The molecule has 0 fully saturated rings. The molecule has 0 radical (unpaired) electrons. The third kappa shape index (κ3) is 4.65. The summed E-state index contributed by atoms with van der Waals surface area (Å²) in [5.41, 5.74) is 1.85. The van der Waals surface area contributed by atoms with Gasteiger partial charge < -0.3 is 14.7 Å². The SMILES string of the molecule is Cc1c(O)n(-c2ccc(OC(F)(F)F)cc2)c(=O)n1Cc1ccncc1CN(C)C. The summed E-state index contributed by atoms with van der Waals surface area (Å²) in [5.74, 6) is -0.701. The number of rotatable bonds is 6. The second-order valence-corrected chi connectivity index (χ2v) is 7.04. The molecule has 1 N–H and O–H groups in total. The first-order valence-corrected chi connectivity index (χ1v) is 9.00. The van der Waals surface area contributed by atoms with Crippen molar-refractivity contribution in [1.82, 2.24) is 19.0 Å². The van der Waals surface area contributed by atoms with Crippen molar-refractivity contribution in [3.63, 3.8) is 0 Å². The molecule has 0 aliphatic carbocycles. The van der Waals surface area contributed by atoms with Gasteiger partial charge in [0.2, 0.25) is 5.88 Å². The Morgan fingerprint density at radius 1 is 1.13 bits per heavy atom. The van der Waals surface area contributed by atoms with E-state index in [9.17, 15) is 23.1 Å². The van der Waals surface area contributed by atoms with Crippen LogP contribution >= 0.6 is 0 Å². The van der Waals surface area contributed by atoms with E-state index >= 15 is 0 Å². The number of benzene rings is 1. The fourth-order valence-corrected chi connectivity index (χ4v) is 3.12. The molecule has 0 aliphatic rings. The number of ether oxygens (including phenoxy) is 1. The van der Waals surface area contributed by atoms with Gasteiger partial charge in [0.05, 0.1) is 17.9 Å². The Kier molecular flexibility index (Phi) is 5.88. The monoisotopic (exact) mass is 422 g/mol. The van der Waals surface area contributed by atoms with Gasteiger partial charge in [-0.2, -0.15) is 0 Å². The van der Waals surface area contributed by atoms with Gasteiger partial charge in [-0.15, -0.1) is 13.2 Å². The van der Waals surface area contributed by atoms with E-state index in [0.29, 0.717) is 12.2 Å². The van der Waals surface area contributed by atoms with Crippen molar-refractivity contribution in [3.8, 4) is 17.3 Å². The Hall–Kier alpha value is -3.27. The van der Waals surface area contributed by atoms with E-state index in [2.05, 4.69) is 9.72 Å². The number of hydrogen-bond acceptors (Lipinski definition) is 5. The summed E-state index contributed by atoms with van der Waals surface area (Å²) in [6.07, 6.45) is -1.45. The van der Waals surface area contributed by atoms with Crippen LogP contribution in [0.25, 0.3) is 5.69 Å². The van der Waals surface area contributed by atoms with Crippen molar-refractivity contribution in [3.05, 3.63) is 70.0 Å². The van der Waals surface area contributed by atoms with Crippen LogP contribution in [0.15, 0.2) is 47.5 Å². The zero-order valence-corrected chi connectivity index (χ0v) is 16.6. The molecule has 0 spiro atoms. The van der Waals surface area contributed by atoms with Crippen molar-refractivity contribution >= 4 is 0 Å². The molecule has 0 aliphatic heterocycles.